The second-order valence-electron chi connectivity index (χ2n) is 3.18. The molecule has 0 spiro atoms. The molecule has 0 saturated heterocycles. The summed E-state index contributed by atoms with van der Waals surface area (Å²) in [7, 11) is 0. The first-order chi connectivity index (χ1) is 7.68. The number of H-pyrrole nitrogens is 1. The van der Waals surface area contributed by atoms with Crippen LogP contribution in [0.25, 0.3) is 11.1 Å². The Labute approximate surface area is 90.4 Å². The van der Waals surface area contributed by atoms with Crippen molar-refractivity contribution in [2.75, 3.05) is 0 Å². The maximum Gasteiger partial charge on any atom is 0.335 e. The molecule has 5 heteroatoms. The van der Waals surface area contributed by atoms with Crippen LogP contribution in [0.15, 0.2) is 41.6 Å². The van der Waals surface area contributed by atoms with Crippen LogP contribution in [-0.2, 0) is 0 Å². The molecule has 0 aliphatic rings. The highest BCUT2D eigenvalue weighted by Crippen LogP contribution is 2.14. The topological polar surface area (TPSA) is 83.0 Å². The minimum absolute atomic E-state index is 0.184. The number of carboxylic acids is 1. The summed E-state index contributed by atoms with van der Waals surface area (Å²) >= 11 is 0. The Hall–Kier alpha value is -2.43. The third-order valence-electron chi connectivity index (χ3n) is 2.16. The van der Waals surface area contributed by atoms with E-state index in [4.69, 9.17) is 5.11 Å². The van der Waals surface area contributed by atoms with Crippen molar-refractivity contribution in [1.29, 1.82) is 0 Å². The average molecular weight is 216 g/mol. The molecule has 1 heterocycles. The van der Waals surface area contributed by atoms with Gasteiger partial charge in [0.15, 0.2) is 0 Å². The summed E-state index contributed by atoms with van der Waals surface area (Å²) in [6.07, 6.45) is 2.74. The van der Waals surface area contributed by atoms with Crippen LogP contribution in [0.1, 0.15) is 10.4 Å². The first-order valence-corrected chi connectivity index (χ1v) is 4.55. The highest BCUT2D eigenvalue weighted by Gasteiger charge is 2.05. The molecule has 0 saturated carbocycles. The number of carboxylic acid groups (broad SMARTS) is 1. The maximum absolute atomic E-state index is 11.4. The van der Waals surface area contributed by atoms with Gasteiger partial charge >= 0.3 is 5.97 Å². The summed E-state index contributed by atoms with van der Waals surface area (Å²) in [6, 6.07) is 6.06. The molecule has 80 valence electrons. The highest BCUT2D eigenvalue weighted by molar-refractivity contribution is 5.88. The van der Waals surface area contributed by atoms with Gasteiger partial charge in [0.05, 0.1) is 17.5 Å². The Morgan fingerprint density at radius 3 is 2.50 bits per heavy atom. The predicted molar refractivity (Wildman–Crippen MR) is 57.3 cm³/mol. The van der Waals surface area contributed by atoms with Gasteiger partial charge in [-0.15, -0.1) is 0 Å². The van der Waals surface area contributed by atoms with Crippen LogP contribution in [0.2, 0.25) is 0 Å². The van der Waals surface area contributed by atoms with Crippen molar-refractivity contribution >= 4 is 5.97 Å². The van der Waals surface area contributed by atoms with E-state index in [0.717, 1.165) is 0 Å². The number of hydrogen-bond donors (Lipinski definition) is 2. The zero-order valence-corrected chi connectivity index (χ0v) is 8.18. The molecule has 1 aromatic heterocycles. The average Bonchev–Trinajstić information content (AvgIpc) is 2.30. The predicted octanol–water partition coefficient (Wildman–Crippen LogP) is 1.14. The number of nitrogens with zero attached hydrogens (tertiary/aromatic N) is 1. The minimum atomic E-state index is -0.994. The molecule has 0 bridgehead atoms. The van der Waals surface area contributed by atoms with Crippen molar-refractivity contribution in [3.05, 3.63) is 52.7 Å². The summed E-state index contributed by atoms with van der Waals surface area (Å²) in [4.78, 5) is 28.3. The van der Waals surface area contributed by atoms with Gasteiger partial charge < -0.3 is 10.1 Å². The summed E-state index contributed by atoms with van der Waals surface area (Å²) in [5, 5.41) is 8.72. The monoisotopic (exact) mass is 216 g/mol. The Morgan fingerprint density at radius 2 is 1.94 bits per heavy atom. The molecule has 2 aromatic rings. The Morgan fingerprint density at radius 1 is 1.25 bits per heavy atom. The second kappa shape index (κ2) is 3.98. The summed E-state index contributed by atoms with van der Waals surface area (Å²) in [6.45, 7) is 0. The van der Waals surface area contributed by atoms with Crippen LogP contribution < -0.4 is 5.56 Å². The van der Waals surface area contributed by atoms with Gasteiger partial charge in [-0.05, 0) is 17.7 Å². The minimum Gasteiger partial charge on any atom is -0.478 e. The molecule has 0 amide bonds. The summed E-state index contributed by atoms with van der Waals surface area (Å²) in [5.74, 6) is -0.994. The van der Waals surface area contributed by atoms with E-state index in [-0.39, 0.29) is 11.1 Å². The molecule has 2 N–H and O–H groups in total. The molecular weight excluding hydrogens is 208 g/mol. The van der Waals surface area contributed by atoms with Gasteiger partial charge in [-0.1, -0.05) is 12.1 Å². The number of carbonyl (C=O) groups is 1. The first kappa shape index (κ1) is 10.1. The first-order valence-electron chi connectivity index (χ1n) is 4.55. The van der Waals surface area contributed by atoms with Gasteiger partial charge in [0.1, 0.15) is 0 Å². The number of rotatable bonds is 2. The standard InChI is InChI=1S/C11H8N2O3/c14-10-9(5-12-6-13-10)7-1-3-8(4-2-7)11(15)16/h1-6H,(H,15,16)(H,12,13,14). The van der Waals surface area contributed by atoms with Crippen molar-refractivity contribution in [2.45, 2.75) is 0 Å². The van der Waals surface area contributed by atoms with E-state index in [1.54, 1.807) is 12.1 Å². The third kappa shape index (κ3) is 1.83. The van der Waals surface area contributed by atoms with E-state index in [1.807, 2.05) is 0 Å². The van der Waals surface area contributed by atoms with E-state index >= 15 is 0 Å². The number of aromatic nitrogens is 2. The lowest BCUT2D eigenvalue weighted by Gasteiger charge is -2.00. The van der Waals surface area contributed by atoms with E-state index in [0.29, 0.717) is 11.1 Å². The molecule has 16 heavy (non-hydrogen) atoms. The van der Waals surface area contributed by atoms with Crippen molar-refractivity contribution in [3.63, 3.8) is 0 Å². The van der Waals surface area contributed by atoms with E-state index in [1.165, 1.54) is 24.7 Å². The number of aromatic carboxylic acids is 1. The van der Waals surface area contributed by atoms with Crippen LogP contribution in [-0.4, -0.2) is 21.0 Å². The van der Waals surface area contributed by atoms with E-state index in [9.17, 15) is 9.59 Å². The van der Waals surface area contributed by atoms with Gasteiger partial charge in [-0.3, -0.25) is 4.79 Å². The van der Waals surface area contributed by atoms with Gasteiger partial charge in [-0.25, -0.2) is 9.78 Å². The van der Waals surface area contributed by atoms with Crippen LogP contribution in [0.5, 0.6) is 0 Å². The van der Waals surface area contributed by atoms with Crippen LogP contribution in [0.3, 0.4) is 0 Å². The van der Waals surface area contributed by atoms with Crippen molar-refractivity contribution < 1.29 is 9.90 Å². The number of benzene rings is 1. The van der Waals surface area contributed by atoms with Gasteiger partial charge in [0.2, 0.25) is 0 Å². The van der Waals surface area contributed by atoms with Crippen LogP contribution >= 0.6 is 0 Å². The lowest BCUT2D eigenvalue weighted by molar-refractivity contribution is 0.0697. The fourth-order valence-electron chi connectivity index (χ4n) is 1.34. The van der Waals surface area contributed by atoms with E-state index < -0.39 is 5.97 Å². The zero-order chi connectivity index (χ0) is 11.5. The fraction of sp³-hybridized carbons (Fsp3) is 0. The van der Waals surface area contributed by atoms with Crippen molar-refractivity contribution in [3.8, 4) is 11.1 Å². The molecule has 5 nitrogen and oxygen atoms in total. The van der Waals surface area contributed by atoms with Gasteiger partial charge in [-0.2, -0.15) is 0 Å². The summed E-state index contributed by atoms with van der Waals surface area (Å²) in [5.41, 5.74) is 0.987. The van der Waals surface area contributed by atoms with Crippen molar-refractivity contribution in [1.82, 2.24) is 9.97 Å². The lowest BCUT2D eigenvalue weighted by atomic mass is 10.1. The lowest BCUT2D eigenvalue weighted by Crippen LogP contribution is -2.08. The molecule has 0 aliphatic carbocycles. The molecule has 0 aliphatic heterocycles. The smallest absolute Gasteiger partial charge is 0.335 e. The van der Waals surface area contributed by atoms with Gasteiger partial charge in [0.25, 0.3) is 5.56 Å². The molecule has 2 rings (SSSR count). The maximum atomic E-state index is 11.4. The molecule has 0 unspecified atom stereocenters. The highest BCUT2D eigenvalue weighted by atomic mass is 16.4. The summed E-state index contributed by atoms with van der Waals surface area (Å²) < 4.78 is 0. The Balaban J connectivity index is 2.47. The molecular formula is C11H8N2O3. The number of nitrogens with one attached hydrogen (secondary N) is 1. The molecule has 0 atom stereocenters. The molecule has 1 aromatic carbocycles. The molecule has 0 radical (unpaired) electrons. The third-order valence-corrected chi connectivity index (χ3v) is 2.16. The van der Waals surface area contributed by atoms with Crippen LogP contribution in [0, 0.1) is 0 Å². The largest absolute Gasteiger partial charge is 0.478 e. The van der Waals surface area contributed by atoms with Gasteiger partial charge in [0, 0.05) is 6.20 Å². The Bertz CT molecular complexity index is 572. The van der Waals surface area contributed by atoms with Crippen LogP contribution in [0.4, 0.5) is 0 Å². The quantitative estimate of drug-likeness (QED) is 0.788. The number of hydrogen-bond acceptors (Lipinski definition) is 3. The van der Waals surface area contributed by atoms with E-state index in [2.05, 4.69) is 9.97 Å². The Kier molecular flexibility index (Phi) is 2.51. The molecule has 0 fully saturated rings. The van der Waals surface area contributed by atoms with Crippen molar-refractivity contribution in [2.24, 2.45) is 0 Å². The SMILES string of the molecule is O=C(O)c1ccc(-c2cnc[nH]c2=O)cc1. The fourth-order valence-corrected chi connectivity index (χ4v) is 1.34. The zero-order valence-electron chi connectivity index (χ0n) is 8.18. The normalized spacial score (nSPS) is 10.0. The number of aromatic amines is 1. The second-order valence-corrected chi connectivity index (χ2v) is 3.18.